The maximum Gasteiger partial charge on any atom is 0.191 e. The Morgan fingerprint density at radius 2 is 2.07 bits per heavy atom. The van der Waals surface area contributed by atoms with Crippen molar-refractivity contribution in [1.82, 2.24) is 20.6 Å². The van der Waals surface area contributed by atoms with Gasteiger partial charge in [0.1, 0.15) is 5.01 Å². The molecule has 0 saturated heterocycles. The smallest absolute Gasteiger partial charge is 0.191 e. The quantitative estimate of drug-likeness (QED) is 0.253. The molecule has 2 heterocycles. The molecule has 0 saturated carbocycles. The standard InChI is InChI=1S/C20H27N5S.HI/c1-4-21-20(24-12-19-25-18(13-26-19)14(2)3)22-10-9-15-11-23-17-8-6-5-7-16(15)17;/h5-8,11,13-14,23H,4,9-10,12H2,1-3H3,(H2,21,22,24);1H. The fourth-order valence-corrected chi connectivity index (χ4v) is 3.68. The number of benzene rings is 1. The van der Waals surface area contributed by atoms with Gasteiger partial charge in [-0.15, -0.1) is 35.3 Å². The number of nitrogens with one attached hydrogen (secondary N) is 3. The van der Waals surface area contributed by atoms with Crippen LogP contribution in [0.4, 0.5) is 0 Å². The number of aromatic amines is 1. The number of para-hydroxylation sites is 1. The first-order valence-corrected chi connectivity index (χ1v) is 10.1. The number of rotatable bonds is 7. The summed E-state index contributed by atoms with van der Waals surface area (Å²) in [5.74, 6) is 1.31. The van der Waals surface area contributed by atoms with Crippen LogP contribution in [0.25, 0.3) is 10.9 Å². The van der Waals surface area contributed by atoms with Crippen LogP contribution in [-0.4, -0.2) is 29.0 Å². The lowest BCUT2D eigenvalue weighted by Crippen LogP contribution is -2.38. The highest BCUT2D eigenvalue weighted by Gasteiger charge is 2.06. The minimum absolute atomic E-state index is 0. The van der Waals surface area contributed by atoms with E-state index in [2.05, 4.69) is 82.2 Å². The molecule has 0 aliphatic rings. The second kappa shape index (κ2) is 10.7. The monoisotopic (exact) mass is 497 g/mol. The minimum Gasteiger partial charge on any atom is -0.361 e. The van der Waals surface area contributed by atoms with Crippen LogP contribution in [0.3, 0.4) is 0 Å². The number of aromatic nitrogens is 2. The molecule has 5 nitrogen and oxygen atoms in total. The molecular formula is C20H28IN5S. The molecular weight excluding hydrogens is 469 g/mol. The first-order chi connectivity index (χ1) is 12.7. The van der Waals surface area contributed by atoms with E-state index in [1.165, 1.54) is 16.5 Å². The zero-order chi connectivity index (χ0) is 18.4. The van der Waals surface area contributed by atoms with E-state index in [0.29, 0.717) is 12.5 Å². The van der Waals surface area contributed by atoms with Gasteiger partial charge in [0.2, 0.25) is 0 Å². The van der Waals surface area contributed by atoms with Crippen molar-refractivity contribution < 1.29 is 0 Å². The van der Waals surface area contributed by atoms with Crippen molar-refractivity contribution in [2.45, 2.75) is 39.7 Å². The van der Waals surface area contributed by atoms with Crippen LogP contribution < -0.4 is 10.6 Å². The van der Waals surface area contributed by atoms with E-state index in [9.17, 15) is 0 Å². The van der Waals surface area contributed by atoms with Gasteiger partial charge in [-0.05, 0) is 30.9 Å². The predicted octanol–water partition coefficient (Wildman–Crippen LogP) is 4.66. The normalized spacial score (nSPS) is 11.6. The molecule has 0 radical (unpaired) electrons. The summed E-state index contributed by atoms with van der Waals surface area (Å²) in [6, 6.07) is 8.41. The molecule has 0 bridgehead atoms. The van der Waals surface area contributed by atoms with Crippen LogP contribution in [0.1, 0.15) is 43.0 Å². The topological polar surface area (TPSA) is 65.1 Å². The maximum absolute atomic E-state index is 4.67. The van der Waals surface area contributed by atoms with Gasteiger partial charge in [-0.25, -0.2) is 9.98 Å². The summed E-state index contributed by atoms with van der Waals surface area (Å²) in [5, 5.41) is 11.2. The van der Waals surface area contributed by atoms with Crippen molar-refractivity contribution in [1.29, 1.82) is 0 Å². The molecule has 2 aromatic heterocycles. The Kier molecular flexibility index (Phi) is 8.56. The van der Waals surface area contributed by atoms with Gasteiger partial charge in [0, 0.05) is 35.6 Å². The van der Waals surface area contributed by atoms with Gasteiger partial charge in [0.15, 0.2) is 5.96 Å². The number of fused-ring (bicyclic) bond motifs is 1. The van der Waals surface area contributed by atoms with Crippen LogP contribution in [0, 0.1) is 0 Å². The Labute approximate surface area is 182 Å². The first-order valence-electron chi connectivity index (χ1n) is 9.18. The maximum atomic E-state index is 4.67. The molecule has 7 heteroatoms. The zero-order valence-electron chi connectivity index (χ0n) is 16.1. The van der Waals surface area contributed by atoms with E-state index in [1.807, 2.05) is 0 Å². The van der Waals surface area contributed by atoms with Gasteiger partial charge in [0.25, 0.3) is 0 Å². The zero-order valence-corrected chi connectivity index (χ0v) is 19.2. The highest BCUT2D eigenvalue weighted by molar-refractivity contribution is 14.0. The Balaban J connectivity index is 0.00000261. The molecule has 3 rings (SSSR count). The van der Waals surface area contributed by atoms with Crippen LogP contribution in [-0.2, 0) is 13.0 Å². The third-order valence-corrected chi connectivity index (χ3v) is 5.09. The van der Waals surface area contributed by atoms with E-state index in [4.69, 9.17) is 0 Å². The molecule has 0 aliphatic heterocycles. The number of thiazole rings is 1. The summed E-state index contributed by atoms with van der Waals surface area (Å²) in [6.45, 7) is 8.70. The average molecular weight is 497 g/mol. The highest BCUT2D eigenvalue weighted by atomic mass is 127. The molecule has 0 atom stereocenters. The molecule has 3 N–H and O–H groups in total. The van der Waals surface area contributed by atoms with Crippen LogP contribution in [0.15, 0.2) is 40.8 Å². The van der Waals surface area contributed by atoms with E-state index < -0.39 is 0 Å². The Morgan fingerprint density at radius 1 is 1.26 bits per heavy atom. The molecule has 146 valence electrons. The number of halogens is 1. The molecule has 0 amide bonds. The lowest BCUT2D eigenvalue weighted by atomic mass is 10.1. The first kappa shape index (κ1) is 21.7. The molecule has 0 unspecified atom stereocenters. The summed E-state index contributed by atoms with van der Waals surface area (Å²) < 4.78 is 0. The predicted molar refractivity (Wildman–Crippen MR) is 126 cm³/mol. The van der Waals surface area contributed by atoms with Crippen LogP contribution >= 0.6 is 35.3 Å². The number of aliphatic imine (C=N–C) groups is 1. The van der Waals surface area contributed by atoms with Crippen molar-refractivity contribution in [3.05, 3.63) is 52.1 Å². The SMILES string of the molecule is CCNC(=NCc1nc(C(C)C)cs1)NCCc1c[nH]c2ccccc12.I. The van der Waals surface area contributed by atoms with Crippen molar-refractivity contribution >= 4 is 52.2 Å². The summed E-state index contributed by atoms with van der Waals surface area (Å²) >= 11 is 1.68. The van der Waals surface area contributed by atoms with Gasteiger partial charge < -0.3 is 15.6 Å². The highest BCUT2D eigenvalue weighted by Crippen LogP contribution is 2.19. The van der Waals surface area contributed by atoms with E-state index in [-0.39, 0.29) is 24.0 Å². The van der Waals surface area contributed by atoms with Crippen LogP contribution in [0.2, 0.25) is 0 Å². The van der Waals surface area contributed by atoms with Gasteiger partial charge in [-0.3, -0.25) is 0 Å². The lowest BCUT2D eigenvalue weighted by Gasteiger charge is -2.10. The molecule has 0 aliphatic carbocycles. The number of hydrogen-bond donors (Lipinski definition) is 3. The number of nitrogens with zero attached hydrogens (tertiary/aromatic N) is 2. The lowest BCUT2D eigenvalue weighted by molar-refractivity contribution is 0.795. The number of hydrogen-bond acceptors (Lipinski definition) is 3. The molecule has 3 aromatic rings. The summed E-state index contributed by atoms with van der Waals surface area (Å²) in [7, 11) is 0. The molecule has 0 fully saturated rings. The van der Waals surface area contributed by atoms with Gasteiger partial charge in [-0.2, -0.15) is 0 Å². The van der Waals surface area contributed by atoms with Crippen LogP contribution in [0.5, 0.6) is 0 Å². The summed E-state index contributed by atoms with van der Waals surface area (Å²) in [5.41, 5.74) is 3.66. The van der Waals surface area contributed by atoms with E-state index >= 15 is 0 Å². The average Bonchev–Trinajstić information content (AvgIpc) is 3.27. The fraction of sp³-hybridized carbons (Fsp3) is 0.400. The van der Waals surface area contributed by atoms with Gasteiger partial charge in [-0.1, -0.05) is 32.0 Å². The van der Waals surface area contributed by atoms with E-state index in [1.54, 1.807) is 11.3 Å². The fourth-order valence-electron chi connectivity index (χ4n) is 2.81. The Bertz CT molecular complexity index is 868. The Morgan fingerprint density at radius 3 is 2.81 bits per heavy atom. The number of H-pyrrole nitrogens is 1. The number of guanidine groups is 1. The summed E-state index contributed by atoms with van der Waals surface area (Å²) in [6.07, 6.45) is 3.04. The second-order valence-electron chi connectivity index (χ2n) is 6.55. The third kappa shape index (κ3) is 5.93. The third-order valence-electron chi connectivity index (χ3n) is 4.24. The molecule has 0 spiro atoms. The van der Waals surface area contributed by atoms with Gasteiger partial charge in [0.05, 0.1) is 12.2 Å². The van der Waals surface area contributed by atoms with Crippen molar-refractivity contribution in [3.63, 3.8) is 0 Å². The molecule has 27 heavy (non-hydrogen) atoms. The largest absolute Gasteiger partial charge is 0.361 e. The summed E-state index contributed by atoms with van der Waals surface area (Å²) in [4.78, 5) is 12.6. The van der Waals surface area contributed by atoms with Crippen molar-refractivity contribution in [3.8, 4) is 0 Å². The van der Waals surface area contributed by atoms with E-state index in [0.717, 1.165) is 36.2 Å². The van der Waals surface area contributed by atoms with Gasteiger partial charge >= 0.3 is 0 Å². The minimum atomic E-state index is 0. The van der Waals surface area contributed by atoms with Crippen molar-refractivity contribution in [2.24, 2.45) is 4.99 Å². The second-order valence-corrected chi connectivity index (χ2v) is 7.49. The van der Waals surface area contributed by atoms with Crippen molar-refractivity contribution in [2.75, 3.05) is 13.1 Å². The Hall–Kier alpha value is -1.61. The molecule has 1 aromatic carbocycles.